The van der Waals surface area contributed by atoms with Gasteiger partial charge >= 0.3 is 0 Å². The fourth-order valence-electron chi connectivity index (χ4n) is 2.32. The molecule has 0 saturated carbocycles. The number of halogens is 3. The lowest BCUT2D eigenvalue weighted by Gasteiger charge is -2.26. The van der Waals surface area contributed by atoms with Crippen LogP contribution >= 0.6 is 24.0 Å². The van der Waals surface area contributed by atoms with Crippen molar-refractivity contribution in [2.45, 2.75) is 19.3 Å². The molecular weight excluding hydrogens is 366 g/mol. The van der Waals surface area contributed by atoms with Crippen LogP contribution in [0, 0.1) is 5.82 Å². The number of nitrogen functional groups attached to an aromatic ring is 1. The lowest BCUT2D eigenvalue weighted by molar-refractivity contribution is 0.0942. The van der Waals surface area contributed by atoms with E-state index in [0.717, 1.165) is 5.56 Å². The van der Waals surface area contributed by atoms with Crippen LogP contribution in [0.25, 0.3) is 0 Å². The van der Waals surface area contributed by atoms with E-state index in [1.807, 2.05) is 19.9 Å². The molecule has 0 unspecified atom stereocenters. The highest BCUT2D eigenvalue weighted by Crippen LogP contribution is 2.29. The van der Waals surface area contributed by atoms with Crippen molar-refractivity contribution in [2.75, 3.05) is 19.4 Å². The normalized spacial score (nSPS) is 10.8. The summed E-state index contributed by atoms with van der Waals surface area (Å²) in [5.74, 6) is -0.296. The molecule has 1 amide bonds. The Balaban J connectivity index is 0.00000312. The van der Waals surface area contributed by atoms with E-state index in [9.17, 15) is 9.18 Å². The molecule has 0 radical (unpaired) electrons. The molecule has 0 aliphatic rings. The number of nitrogens with one attached hydrogen (secondary N) is 1. The highest BCUT2D eigenvalue weighted by molar-refractivity contribution is 6.33. The Labute approximate surface area is 157 Å². The second kappa shape index (κ2) is 8.41. The van der Waals surface area contributed by atoms with Gasteiger partial charge in [-0.05, 0) is 23.8 Å². The van der Waals surface area contributed by atoms with Gasteiger partial charge in [-0.15, -0.1) is 12.4 Å². The molecule has 2 rings (SSSR count). The van der Waals surface area contributed by atoms with Crippen LogP contribution in [-0.2, 0) is 5.41 Å². The predicted octanol–water partition coefficient (Wildman–Crippen LogP) is 4.20. The number of nitrogens with two attached hydrogens (primary N) is 1. The molecule has 4 nitrogen and oxygen atoms in total. The average molecular weight is 387 g/mol. The lowest BCUT2D eigenvalue weighted by Crippen LogP contribution is -2.36. The van der Waals surface area contributed by atoms with Crippen molar-refractivity contribution in [3.8, 4) is 5.75 Å². The molecule has 25 heavy (non-hydrogen) atoms. The Morgan fingerprint density at radius 1 is 1.32 bits per heavy atom. The summed E-state index contributed by atoms with van der Waals surface area (Å²) in [7, 11) is 1.45. The van der Waals surface area contributed by atoms with Gasteiger partial charge < -0.3 is 15.8 Å². The van der Waals surface area contributed by atoms with E-state index in [2.05, 4.69) is 5.32 Å². The topological polar surface area (TPSA) is 64.3 Å². The van der Waals surface area contributed by atoms with Crippen molar-refractivity contribution >= 4 is 35.6 Å². The molecule has 0 bridgehead atoms. The Morgan fingerprint density at radius 2 is 2.00 bits per heavy atom. The van der Waals surface area contributed by atoms with Gasteiger partial charge in [0.05, 0.1) is 23.4 Å². The maximum Gasteiger partial charge on any atom is 0.255 e. The van der Waals surface area contributed by atoms with Gasteiger partial charge in [-0.1, -0.05) is 37.6 Å². The fourth-order valence-corrected chi connectivity index (χ4v) is 2.49. The van der Waals surface area contributed by atoms with Gasteiger partial charge in [0.2, 0.25) is 0 Å². The third-order valence-corrected chi connectivity index (χ3v) is 4.19. The van der Waals surface area contributed by atoms with Crippen LogP contribution in [0.2, 0.25) is 5.02 Å². The molecule has 136 valence electrons. The number of benzene rings is 2. The quantitative estimate of drug-likeness (QED) is 0.756. The first-order valence-electron chi connectivity index (χ1n) is 7.42. The third-order valence-electron chi connectivity index (χ3n) is 3.86. The van der Waals surface area contributed by atoms with Crippen molar-refractivity contribution in [2.24, 2.45) is 0 Å². The van der Waals surface area contributed by atoms with Gasteiger partial charge in [0.1, 0.15) is 11.6 Å². The molecule has 0 atom stereocenters. The number of carbonyl (C=O) groups is 1. The largest absolute Gasteiger partial charge is 0.496 e. The van der Waals surface area contributed by atoms with Crippen LogP contribution in [0.5, 0.6) is 5.75 Å². The summed E-state index contributed by atoms with van der Waals surface area (Å²) in [6, 6.07) is 9.31. The summed E-state index contributed by atoms with van der Waals surface area (Å²) >= 11 is 5.99. The number of carbonyl (C=O) groups excluding carboxylic acids is 1. The molecule has 2 aromatic carbocycles. The summed E-state index contributed by atoms with van der Waals surface area (Å²) in [5, 5.41) is 3.12. The Hall–Kier alpha value is -1.98. The fraction of sp³-hybridized carbons (Fsp3) is 0.278. The van der Waals surface area contributed by atoms with Gasteiger partial charge in [-0.3, -0.25) is 4.79 Å². The zero-order valence-electron chi connectivity index (χ0n) is 14.2. The zero-order chi connectivity index (χ0) is 17.9. The van der Waals surface area contributed by atoms with Gasteiger partial charge in [0.15, 0.2) is 0 Å². The molecule has 0 saturated heterocycles. The predicted molar refractivity (Wildman–Crippen MR) is 101 cm³/mol. The first-order valence-corrected chi connectivity index (χ1v) is 7.79. The Kier molecular flexibility index (Phi) is 7.08. The number of hydrogen-bond acceptors (Lipinski definition) is 3. The summed E-state index contributed by atoms with van der Waals surface area (Å²) in [4.78, 5) is 12.5. The second-order valence-corrected chi connectivity index (χ2v) is 6.56. The second-order valence-electron chi connectivity index (χ2n) is 6.15. The van der Waals surface area contributed by atoms with E-state index in [1.54, 1.807) is 6.07 Å². The van der Waals surface area contributed by atoms with Gasteiger partial charge in [-0.2, -0.15) is 0 Å². The summed E-state index contributed by atoms with van der Waals surface area (Å²) in [5.41, 5.74) is 6.71. The molecule has 0 heterocycles. The smallest absolute Gasteiger partial charge is 0.255 e. The molecule has 0 spiro atoms. The van der Waals surface area contributed by atoms with Crippen LogP contribution in [0.4, 0.5) is 10.1 Å². The van der Waals surface area contributed by atoms with E-state index in [4.69, 9.17) is 22.1 Å². The van der Waals surface area contributed by atoms with Crippen LogP contribution < -0.4 is 15.8 Å². The highest BCUT2D eigenvalue weighted by Gasteiger charge is 2.23. The van der Waals surface area contributed by atoms with Crippen molar-refractivity contribution < 1.29 is 13.9 Å². The van der Waals surface area contributed by atoms with Crippen LogP contribution in [-0.4, -0.2) is 19.6 Å². The minimum atomic E-state index is -0.442. The standard InChI is InChI=1S/C18H20ClFN2O2.ClH/c1-18(2,11-5-4-6-12(20)7-11)10-22-17(23)13-8-14(19)15(21)9-16(13)24-3;/h4-9H,10,21H2,1-3H3,(H,22,23);1H. The maximum absolute atomic E-state index is 13.4. The number of anilines is 1. The Morgan fingerprint density at radius 3 is 2.60 bits per heavy atom. The zero-order valence-corrected chi connectivity index (χ0v) is 15.8. The first-order chi connectivity index (χ1) is 11.2. The first kappa shape index (κ1) is 21.1. The molecule has 0 aliphatic heterocycles. The Bertz CT molecular complexity index is 767. The van der Waals surface area contributed by atoms with E-state index in [1.165, 1.54) is 31.4 Å². The average Bonchev–Trinajstić information content (AvgIpc) is 2.54. The number of rotatable bonds is 5. The summed E-state index contributed by atoms with van der Waals surface area (Å²) in [6.07, 6.45) is 0. The van der Waals surface area contributed by atoms with Gasteiger partial charge in [0.25, 0.3) is 5.91 Å². The lowest BCUT2D eigenvalue weighted by atomic mass is 9.84. The number of methoxy groups -OCH3 is 1. The molecular formula is C18H21Cl2FN2O2. The van der Waals surface area contributed by atoms with Crippen molar-refractivity contribution in [3.05, 3.63) is 58.4 Å². The number of amides is 1. The third kappa shape index (κ3) is 5.00. The summed E-state index contributed by atoms with van der Waals surface area (Å²) in [6.45, 7) is 4.17. The maximum atomic E-state index is 13.4. The van der Waals surface area contributed by atoms with E-state index >= 15 is 0 Å². The molecule has 0 fully saturated rings. The minimum absolute atomic E-state index is 0. The molecule has 7 heteroatoms. The van der Waals surface area contributed by atoms with Gasteiger partial charge in [0, 0.05) is 18.0 Å². The van der Waals surface area contributed by atoms with Crippen LogP contribution in [0.1, 0.15) is 29.8 Å². The molecule has 3 N–H and O–H groups in total. The molecule has 0 aromatic heterocycles. The number of hydrogen-bond donors (Lipinski definition) is 2. The van der Waals surface area contributed by atoms with E-state index < -0.39 is 5.41 Å². The van der Waals surface area contributed by atoms with Crippen molar-refractivity contribution in [1.29, 1.82) is 0 Å². The summed E-state index contributed by atoms with van der Waals surface area (Å²) < 4.78 is 18.6. The molecule has 2 aromatic rings. The monoisotopic (exact) mass is 386 g/mol. The SMILES string of the molecule is COc1cc(N)c(Cl)cc1C(=O)NCC(C)(C)c1cccc(F)c1.Cl. The number of ether oxygens (including phenoxy) is 1. The molecule has 0 aliphatic carbocycles. The minimum Gasteiger partial charge on any atom is -0.496 e. The highest BCUT2D eigenvalue weighted by atomic mass is 35.5. The van der Waals surface area contributed by atoms with Crippen molar-refractivity contribution in [1.82, 2.24) is 5.32 Å². The van der Waals surface area contributed by atoms with E-state index in [0.29, 0.717) is 23.5 Å². The van der Waals surface area contributed by atoms with Crippen LogP contribution in [0.15, 0.2) is 36.4 Å². The van der Waals surface area contributed by atoms with E-state index in [-0.39, 0.29) is 29.2 Å². The van der Waals surface area contributed by atoms with Gasteiger partial charge in [-0.25, -0.2) is 4.39 Å². The van der Waals surface area contributed by atoms with Crippen molar-refractivity contribution in [3.63, 3.8) is 0 Å². The van der Waals surface area contributed by atoms with Crippen LogP contribution in [0.3, 0.4) is 0 Å².